The van der Waals surface area contributed by atoms with Crippen LogP contribution in [0.4, 0.5) is 5.69 Å². The Hall–Kier alpha value is -2.44. The Morgan fingerprint density at radius 3 is 2.82 bits per heavy atom. The Balaban J connectivity index is 2.48. The van der Waals surface area contributed by atoms with Gasteiger partial charge < -0.3 is 10.5 Å². The highest BCUT2D eigenvalue weighted by Crippen LogP contribution is 2.09. The third-order valence-corrected chi connectivity index (χ3v) is 2.05. The molecule has 0 fully saturated rings. The monoisotopic (exact) mass is 233 g/mol. The van der Waals surface area contributed by atoms with E-state index in [2.05, 4.69) is 19.8 Å². The fraction of sp³-hybridized carbons (Fsp3) is 0.200. The number of carbonyl (C=O) groups excluding carboxylic acids is 1. The van der Waals surface area contributed by atoms with Gasteiger partial charge in [0.05, 0.1) is 25.2 Å². The van der Waals surface area contributed by atoms with E-state index in [0.717, 1.165) is 0 Å². The van der Waals surface area contributed by atoms with Crippen LogP contribution in [-0.2, 0) is 4.74 Å². The van der Waals surface area contributed by atoms with Crippen molar-refractivity contribution in [3.63, 3.8) is 0 Å². The van der Waals surface area contributed by atoms with Crippen LogP contribution in [0.1, 0.15) is 16.3 Å². The maximum Gasteiger partial charge on any atom is 0.376 e. The predicted molar refractivity (Wildman–Crippen MR) is 59.6 cm³/mol. The van der Waals surface area contributed by atoms with E-state index in [1.54, 1.807) is 19.2 Å². The minimum absolute atomic E-state index is 0.00317. The molecular weight excluding hydrogens is 222 g/mol. The molecule has 0 aliphatic heterocycles. The molecule has 2 heterocycles. The van der Waals surface area contributed by atoms with Crippen LogP contribution in [0.3, 0.4) is 0 Å². The molecule has 2 N–H and O–H groups in total. The third kappa shape index (κ3) is 2.22. The Labute approximate surface area is 97.2 Å². The lowest BCUT2D eigenvalue weighted by Gasteiger charge is -2.04. The molecule has 2 aromatic rings. The van der Waals surface area contributed by atoms with Crippen LogP contribution in [0.15, 0.2) is 18.5 Å². The number of anilines is 1. The molecule has 7 nitrogen and oxygen atoms in total. The predicted octanol–water partition coefficient (Wildman–Crippen LogP) is 0.340. The molecule has 0 aliphatic carbocycles. The van der Waals surface area contributed by atoms with Crippen molar-refractivity contribution in [1.29, 1.82) is 0 Å². The van der Waals surface area contributed by atoms with Crippen LogP contribution in [0, 0.1) is 6.92 Å². The summed E-state index contributed by atoms with van der Waals surface area (Å²) in [5.74, 6) is -0.124. The molecule has 2 rings (SSSR count). The summed E-state index contributed by atoms with van der Waals surface area (Å²) in [4.78, 5) is 19.4. The van der Waals surface area contributed by atoms with Crippen LogP contribution < -0.4 is 5.73 Å². The highest BCUT2D eigenvalue weighted by molar-refractivity contribution is 5.85. The second-order valence-electron chi connectivity index (χ2n) is 3.40. The maximum absolute atomic E-state index is 11.4. The van der Waals surface area contributed by atoms with E-state index in [9.17, 15) is 4.79 Å². The van der Waals surface area contributed by atoms with Gasteiger partial charge in [-0.2, -0.15) is 5.10 Å². The van der Waals surface area contributed by atoms with Crippen molar-refractivity contribution in [3.8, 4) is 5.82 Å². The van der Waals surface area contributed by atoms with Gasteiger partial charge in [0.1, 0.15) is 0 Å². The van der Waals surface area contributed by atoms with Crippen molar-refractivity contribution in [2.75, 3.05) is 12.8 Å². The van der Waals surface area contributed by atoms with Gasteiger partial charge in [0.15, 0.2) is 5.82 Å². The number of rotatable bonds is 2. The summed E-state index contributed by atoms with van der Waals surface area (Å²) >= 11 is 0. The quantitative estimate of drug-likeness (QED) is 0.751. The lowest BCUT2D eigenvalue weighted by Crippen LogP contribution is -2.11. The van der Waals surface area contributed by atoms with Gasteiger partial charge in [0.25, 0.3) is 0 Å². The highest BCUT2D eigenvalue weighted by atomic mass is 16.5. The third-order valence-electron chi connectivity index (χ3n) is 2.05. The molecule has 0 radical (unpaired) electrons. The van der Waals surface area contributed by atoms with Gasteiger partial charge in [-0.15, -0.1) is 0 Å². The van der Waals surface area contributed by atoms with E-state index in [1.807, 2.05) is 0 Å². The second kappa shape index (κ2) is 4.20. The first-order valence-electron chi connectivity index (χ1n) is 4.84. The molecule has 0 bridgehead atoms. The number of nitrogens with two attached hydrogens (primary N) is 1. The molecule has 0 unspecified atom stereocenters. The zero-order chi connectivity index (χ0) is 12.4. The van der Waals surface area contributed by atoms with Crippen molar-refractivity contribution in [2.45, 2.75) is 6.92 Å². The number of aryl methyl sites for hydroxylation is 1. The molecule has 7 heteroatoms. The molecule has 0 atom stereocenters. The molecule has 0 saturated heterocycles. The van der Waals surface area contributed by atoms with Gasteiger partial charge in [-0.1, -0.05) is 0 Å². The Morgan fingerprint density at radius 1 is 1.47 bits per heavy atom. The topological polar surface area (TPSA) is 95.9 Å². The number of ether oxygens (including phenoxy) is 1. The average molecular weight is 233 g/mol. The van der Waals surface area contributed by atoms with Crippen LogP contribution >= 0.6 is 0 Å². The standard InChI is InChI=1S/C10H11N5O2/c1-6-3-8(15-5-7(11)4-12-15)14-9(13-6)10(16)17-2/h3-5H,11H2,1-2H3. The molecule has 0 amide bonds. The minimum atomic E-state index is -0.588. The molecular formula is C10H11N5O2. The lowest BCUT2D eigenvalue weighted by atomic mass is 10.4. The number of methoxy groups -OCH3 is 1. The molecule has 0 aliphatic rings. The molecule has 0 aromatic carbocycles. The smallest absolute Gasteiger partial charge is 0.376 e. The largest absolute Gasteiger partial charge is 0.463 e. The van der Waals surface area contributed by atoms with Crippen molar-refractivity contribution in [1.82, 2.24) is 19.7 Å². The van der Waals surface area contributed by atoms with E-state index in [1.165, 1.54) is 18.0 Å². The summed E-state index contributed by atoms with van der Waals surface area (Å²) in [5.41, 5.74) is 6.72. The Morgan fingerprint density at radius 2 is 2.24 bits per heavy atom. The SMILES string of the molecule is COC(=O)c1nc(C)cc(-n2cc(N)cn2)n1. The number of nitrogens with zero attached hydrogens (tertiary/aromatic N) is 4. The fourth-order valence-electron chi connectivity index (χ4n) is 1.31. The Bertz CT molecular complexity index is 564. The van der Waals surface area contributed by atoms with Gasteiger partial charge in [0.2, 0.25) is 5.82 Å². The average Bonchev–Trinajstić information content (AvgIpc) is 2.74. The number of nitrogen functional groups attached to an aromatic ring is 1. The molecule has 2 aromatic heterocycles. The fourth-order valence-corrected chi connectivity index (χ4v) is 1.31. The normalized spacial score (nSPS) is 10.2. The summed E-state index contributed by atoms with van der Waals surface area (Å²) < 4.78 is 6.04. The number of aromatic nitrogens is 4. The van der Waals surface area contributed by atoms with Crippen LogP contribution in [0.2, 0.25) is 0 Å². The number of hydrogen-bond donors (Lipinski definition) is 1. The number of carbonyl (C=O) groups is 1. The van der Waals surface area contributed by atoms with Crippen molar-refractivity contribution < 1.29 is 9.53 Å². The maximum atomic E-state index is 11.4. The van der Waals surface area contributed by atoms with E-state index < -0.39 is 5.97 Å². The zero-order valence-corrected chi connectivity index (χ0v) is 9.41. The first-order valence-corrected chi connectivity index (χ1v) is 4.84. The Kier molecular flexibility index (Phi) is 2.73. The van der Waals surface area contributed by atoms with Crippen LogP contribution in [-0.4, -0.2) is 32.8 Å². The lowest BCUT2D eigenvalue weighted by molar-refractivity contribution is 0.0586. The van der Waals surface area contributed by atoms with E-state index in [4.69, 9.17) is 5.73 Å². The summed E-state index contributed by atoms with van der Waals surface area (Å²) in [6, 6.07) is 1.69. The second-order valence-corrected chi connectivity index (χ2v) is 3.40. The number of hydrogen-bond acceptors (Lipinski definition) is 6. The van der Waals surface area contributed by atoms with Gasteiger partial charge in [-0.25, -0.2) is 19.4 Å². The molecule has 88 valence electrons. The van der Waals surface area contributed by atoms with Crippen molar-refractivity contribution >= 4 is 11.7 Å². The van der Waals surface area contributed by atoms with E-state index in [-0.39, 0.29) is 5.82 Å². The van der Waals surface area contributed by atoms with Crippen LogP contribution in [0.5, 0.6) is 0 Å². The van der Waals surface area contributed by atoms with E-state index in [0.29, 0.717) is 17.2 Å². The summed E-state index contributed by atoms with van der Waals surface area (Å²) in [6.07, 6.45) is 3.10. The highest BCUT2D eigenvalue weighted by Gasteiger charge is 2.12. The van der Waals surface area contributed by atoms with Gasteiger partial charge in [-0.3, -0.25) is 0 Å². The van der Waals surface area contributed by atoms with Crippen molar-refractivity contribution in [3.05, 3.63) is 30.0 Å². The van der Waals surface area contributed by atoms with E-state index >= 15 is 0 Å². The van der Waals surface area contributed by atoms with Crippen molar-refractivity contribution in [2.24, 2.45) is 0 Å². The van der Waals surface area contributed by atoms with Gasteiger partial charge >= 0.3 is 5.97 Å². The van der Waals surface area contributed by atoms with Crippen LogP contribution in [0.25, 0.3) is 5.82 Å². The zero-order valence-electron chi connectivity index (χ0n) is 9.41. The minimum Gasteiger partial charge on any atom is -0.463 e. The summed E-state index contributed by atoms with van der Waals surface area (Å²) in [5, 5.41) is 4.00. The first kappa shape index (κ1) is 11.1. The summed E-state index contributed by atoms with van der Waals surface area (Å²) in [7, 11) is 1.28. The molecule has 0 saturated carbocycles. The first-order chi connectivity index (χ1) is 8.10. The van der Waals surface area contributed by atoms with Gasteiger partial charge in [0, 0.05) is 11.8 Å². The summed E-state index contributed by atoms with van der Waals surface area (Å²) in [6.45, 7) is 1.75. The number of esters is 1. The van der Waals surface area contributed by atoms with Gasteiger partial charge in [-0.05, 0) is 6.92 Å². The molecule has 17 heavy (non-hydrogen) atoms. The molecule has 0 spiro atoms.